The van der Waals surface area contributed by atoms with E-state index in [-0.39, 0.29) is 19.4 Å². The first kappa shape index (κ1) is 47.0. The molecule has 0 unspecified atom stereocenters. The van der Waals surface area contributed by atoms with Gasteiger partial charge in [0.15, 0.2) is 6.10 Å². The molecule has 0 aromatic rings. The molecule has 0 saturated heterocycles. The first-order valence-corrected chi connectivity index (χ1v) is 20.9. The maximum absolute atomic E-state index is 12.3. The monoisotopic (exact) mass is 708 g/mol. The average molecular weight is 709 g/mol. The second-order valence-electron chi connectivity index (χ2n) is 12.9. The Labute approximate surface area is 299 Å². The Morgan fingerprint density at radius 1 is 0.531 bits per heavy atom. The number of hydrogen-bond acceptors (Lipinski definition) is 8. The van der Waals surface area contributed by atoms with E-state index in [1.54, 1.807) is 0 Å². The molecular weight excluding hydrogens is 639 g/mol. The lowest BCUT2D eigenvalue weighted by molar-refractivity contribution is -0.343. The molecule has 0 amide bonds. The molecule has 0 aliphatic carbocycles. The molecule has 0 aromatic carbocycles. The summed E-state index contributed by atoms with van der Waals surface area (Å²) >= 11 is 0. The molecule has 0 saturated carbocycles. The van der Waals surface area contributed by atoms with E-state index >= 15 is 0 Å². The number of phosphoric acid groups is 1. The molecule has 0 aliphatic heterocycles. The SMILES string of the molecule is CCCCC/C=C\C/C=C\C/C=C\C/C=C\CCCC(=O)O[C@H](COC(=O)CCCCCCCCCCCCCCCC)COP(=O)([O-])[O-]. The normalized spacial score (nSPS) is 13.0. The fourth-order valence-electron chi connectivity index (χ4n) is 5.18. The van der Waals surface area contributed by atoms with E-state index in [1.165, 1.54) is 83.5 Å². The number of hydrogen-bond donors (Lipinski definition) is 0. The van der Waals surface area contributed by atoms with Crippen molar-refractivity contribution in [1.29, 1.82) is 0 Å². The average Bonchev–Trinajstić information content (AvgIpc) is 3.07. The van der Waals surface area contributed by atoms with E-state index < -0.39 is 32.5 Å². The van der Waals surface area contributed by atoms with Gasteiger partial charge in [0.2, 0.25) is 0 Å². The van der Waals surface area contributed by atoms with Gasteiger partial charge in [-0.15, -0.1) is 0 Å². The van der Waals surface area contributed by atoms with Crippen molar-refractivity contribution in [2.24, 2.45) is 0 Å². The molecular formula is C40H69O8P-2. The standard InChI is InChI=1S/C40H71O8P/c1-3-5-7-9-11-13-15-17-19-20-21-23-25-27-29-31-33-35-40(42)48-38(37-47-49(43,44)45)36-46-39(41)34-32-30-28-26-24-22-18-16-14-12-10-8-6-4-2/h11,13,17,19,21,23,27,29,38H,3-10,12,14-16,18,20,22,24-26,28,30-37H2,1-2H3,(H2,43,44,45)/p-2/b13-11-,19-17-,23-21-,29-27-/t38-/m1/s1. The summed E-state index contributed by atoms with van der Waals surface area (Å²) in [5.74, 6) is -1.02. The summed E-state index contributed by atoms with van der Waals surface area (Å²) in [5.41, 5.74) is 0. The van der Waals surface area contributed by atoms with Gasteiger partial charge in [-0.2, -0.15) is 0 Å². The molecule has 9 heteroatoms. The molecule has 0 radical (unpaired) electrons. The molecule has 0 bridgehead atoms. The summed E-state index contributed by atoms with van der Waals surface area (Å²) in [6, 6.07) is 0. The first-order chi connectivity index (χ1) is 23.8. The van der Waals surface area contributed by atoms with Crippen molar-refractivity contribution in [2.45, 2.75) is 180 Å². The van der Waals surface area contributed by atoms with Crippen LogP contribution in [0.15, 0.2) is 48.6 Å². The second-order valence-corrected chi connectivity index (χ2v) is 14.0. The molecule has 0 spiro atoms. The predicted molar refractivity (Wildman–Crippen MR) is 198 cm³/mol. The zero-order valence-electron chi connectivity index (χ0n) is 31.0. The van der Waals surface area contributed by atoms with E-state index in [9.17, 15) is 23.9 Å². The van der Waals surface area contributed by atoms with Gasteiger partial charge in [-0.1, -0.05) is 159 Å². The molecule has 0 N–H and O–H groups in total. The van der Waals surface area contributed by atoms with Crippen molar-refractivity contribution in [2.75, 3.05) is 13.2 Å². The Bertz CT molecular complexity index is 937. The van der Waals surface area contributed by atoms with Crippen molar-refractivity contribution < 1.29 is 37.9 Å². The number of carbonyl (C=O) groups excluding carboxylic acids is 2. The van der Waals surface area contributed by atoms with E-state index in [0.717, 1.165) is 44.9 Å². The van der Waals surface area contributed by atoms with E-state index in [4.69, 9.17) is 9.47 Å². The van der Waals surface area contributed by atoms with Gasteiger partial charge in [-0.05, 0) is 51.4 Å². The van der Waals surface area contributed by atoms with Crippen molar-refractivity contribution in [1.82, 2.24) is 0 Å². The number of allylic oxidation sites excluding steroid dienone is 8. The van der Waals surface area contributed by atoms with Crippen LogP contribution in [0, 0.1) is 0 Å². The Morgan fingerprint density at radius 2 is 0.939 bits per heavy atom. The Morgan fingerprint density at radius 3 is 1.43 bits per heavy atom. The predicted octanol–water partition coefficient (Wildman–Crippen LogP) is 10.3. The van der Waals surface area contributed by atoms with Gasteiger partial charge in [0.25, 0.3) is 0 Å². The molecule has 8 nitrogen and oxygen atoms in total. The van der Waals surface area contributed by atoms with Gasteiger partial charge in [0.05, 0.1) is 14.4 Å². The van der Waals surface area contributed by atoms with Crippen molar-refractivity contribution in [3.05, 3.63) is 48.6 Å². The third-order valence-corrected chi connectivity index (χ3v) is 8.56. The van der Waals surface area contributed by atoms with E-state index in [0.29, 0.717) is 19.3 Å². The van der Waals surface area contributed by atoms with Crippen LogP contribution in [-0.2, 0) is 28.2 Å². The van der Waals surface area contributed by atoms with E-state index in [1.807, 2.05) is 12.2 Å². The first-order valence-electron chi connectivity index (χ1n) is 19.4. The molecule has 1 atom stereocenters. The minimum atomic E-state index is -5.26. The molecule has 0 aromatic heterocycles. The lowest BCUT2D eigenvalue weighted by Gasteiger charge is -2.30. The van der Waals surface area contributed by atoms with Gasteiger partial charge >= 0.3 is 11.9 Å². The van der Waals surface area contributed by atoms with Crippen LogP contribution in [0.2, 0.25) is 0 Å². The van der Waals surface area contributed by atoms with Gasteiger partial charge in [0.1, 0.15) is 6.61 Å². The maximum Gasteiger partial charge on any atom is 0.306 e. The van der Waals surface area contributed by atoms with Gasteiger partial charge in [-0.25, -0.2) is 0 Å². The molecule has 0 fully saturated rings. The largest absolute Gasteiger partial charge is 0.790 e. The molecule has 0 heterocycles. The summed E-state index contributed by atoms with van der Waals surface area (Å²) < 4.78 is 25.7. The Kier molecular flexibility index (Phi) is 34.4. The van der Waals surface area contributed by atoms with Gasteiger partial charge in [-0.3, -0.25) is 9.59 Å². The molecule has 284 valence electrons. The van der Waals surface area contributed by atoms with Crippen LogP contribution >= 0.6 is 7.82 Å². The van der Waals surface area contributed by atoms with Gasteiger partial charge < -0.3 is 28.3 Å². The van der Waals surface area contributed by atoms with Crippen LogP contribution in [0.5, 0.6) is 0 Å². The Hall–Kier alpha value is -1.99. The summed E-state index contributed by atoms with van der Waals surface area (Å²) in [7, 11) is -5.26. The molecule has 0 aliphatic rings. The van der Waals surface area contributed by atoms with Crippen LogP contribution in [0.1, 0.15) is 174 Å². The number of unbranched alkanes of at least 4 members (excludes halogenated alkanes) is 17. The summed E-state index contributed by atoms with van der Waals surface area (Å²) in [4.78, 5) is 46.4. The highest BCUT2D eigenvalue weighted by molar-refractivity contribution is 7.43. The zero-order valence-corrected chi connectivity index (χ0v) is 31.9. The highest BCUT2D eigenvalue weighted by Crippen LogP contribution is 2.25. The quantitative estimate of drug-likeness (QED) is 0.0276. The second kappa shape index (κ2) is 35.8. The van der Waals surface area contributed by atoms with Crippen molar-refractivity contribution in [3.63, 3.8) is 0 Å². The minimum absolute atomic E-state index is 0.105. The number of ether oxygens (including phenoxy) is 2. The summed E-state index contributed by atoms with van der Waals surface area (Å²) in [6.07, 6.45) is 42.2. The van der Waals surface area contributed by atoms with Crippen LogP contribution in [0.4, 0.5) is 0 Å². The minimum Gasteiger partial charge on any atom is -0.790 e. The smallest absolute Gasteiger partial charge is 0.306 e. The van der Waals surface area contributed by atoms with Crippen LogP contribution in [0.25, 0.3) is 0 Å². The molecule has 0 rings (SSSR count). The third kappa shape index (κ3) is 38.7. The lowest BCUT2D eigenvalue weighted by Crippen LogP contribution is -2.31. The molecule has 49 heavy (non-hydrogen) atoms. The zero-order chi connectivity index (χ0) is 36.1. The highest BCUT2D eigenvalue weighted by Gasteiger charge is 2.18. The van der Waals surface area contributed by atoms with Gasteiger partial charge in [0, 0.05) is 12.8 Å². The topological polar surface area (TPSA) is 125 Å². The number of phosphoric ester groups is 1. The number of carbonyl (C=O) groups is 2. The fraction of sp³-hybridized carbons (Fsp3) is 0.750. The number of esters is 2. The van der Waals surface area contributed by atoms with Crippen molar-refractivity contribution >= 4 is 19.8 Å². The lowest BCUT2D eigenvalue weighted by atomic mass is 10.0. The third-order valence-electron chi connectivity index (χ3n) is 8.09. The van der Waals surface area contributed by atoms with Crippen LogP contribution in [0.3, 0.4) is 0 Å². The van der Waals surface area contributed by atoms with E-state index in [2.05, 4.69) is 54.8 Å². The Balaban J connectivity index is 4.06. The van der Waals surface area contributed by atoms with Crippen LogP contribution in [-0.4, -0.2) is 31.3 Å². The summed E-state index contributed by atoms with van der Waals surface area (Å²) in [6.45, 7) is 3.42. The van der Waals surface area contributed by atoms with Crippen LogP contribution < -0.4 is 9.79 Å². The summed E-state index contributed by atoms with van der Waals surface area (Å²) in [5, 5.41) is 0. The number of rotatable bonds is 35. The van der Waals surface area contributed by atoms with Crippen molar-refractivity contribution in [3.8, 4) is 0 Å². The fourth-order valence-corrected chi connectivity index (χ4v) is 5.53. The highest BCUT2D eigenvalue weighted by atomic mass is 31.2. The maximum atomic E-state index is 12.3.